The molecule has 1 rings (SSSR count). The molecule has 1 heterocycles. The fourth-order valence-corrected chi connectivity index (χ4v) is 2.09. The van der Waals surface area contributed by atoms with Crippen LogP contribution in [0.15, 0.2) is 10.7 Å². The van der Waals surface area contributed by atoms with Crippen LogP contribution in [0.4, 0.5) is 13.2 Å². The molecule has 0 saturated carbocycles. The molecule has 0 aliphatic heterocycles. The number of nitrogens with zero attached hydrogens (tertiary/aromatic N) is 2. The lowest BCUT2D eigenvalue weighted by Gasteiger charge is -2.10. The van der Waals surface area contributed by atoms with E-state index in [0.717, 1.165) is 12.5 Å². The van der Waals surface area contributed by atoms with Crippen LogP contribution in [0, 0.1) is 0 Å². The maximum atomic E-state index is 12.5. The molecule has 0 saturated heterocycles. The van der Waals surface area contributed by atoms with Crippen molar-refractivity contribution >= 4 is 25.8 Å². The van der Waals surface area contributed by atoms with E-state index in [1.165, 1.54) is 0 Å². The van der Waals surface area contributed by atoms with Crippen LogP contribution in [0.25, 0.3) is 0 Å². The maximum Gasteiger partial charge on any atom is 0.434 e. The van der Waals surface area contributed by atoms with E-state index in [2.05, 4.69) is 21.0 Å². The summed E-state index contributed by atoms with van der Waals surface area (Å²) in [5.41, 5.74) is -0.976. The molecule has 92 valence electrons. The molecule has 0 spiro atoms. The standard InChI is InChI=1S/C7H8BrF3N2O2S/c1-16(14,15)3-2-13-6(7(9,10)11)5(8)4-12-13/h4H,2-3H2,1H3. The van der Waals surface area contributed by atoms with Crippen LogP contribution in [-0.2, 0) is 22.6 Å². The molecule has 0 atom stereocenters. The van der Waals surface area contributed by atoms with E-state index >= 15 is 0 Å². The molecule has 9 heteroatoms. The van der Waals surface area contributed by atoms with Gasteiger partial charge >= 0.3 is 6.18 Å². The van der Waals surface area contributed by atoms with E-state index in [0.29, 0.717) is 4.68 Å². The van der Waals surface area contributed by atoms with Gasteiger partial charge in [0.15, 0.2) is 5.69 Å². The number of hydrogen-bond acceptors (Lipinski definition) is 3. The highest BCUT2D eigenvalue weighted by atomic mass is 79.9. The first-order valence-corrected chi connectivity index (χ1v) is 6.93. The van der Waals surface area contributed by atoms with Crippen LogP contribution in [0.1, 0.15) is 5.69 Å². The number of alkyl halides is 3. The highest BCUT2D eigenvalue weighted by Crippen LogP contribution is 2.34. The van der Waals surface area contributed by atoms with Gasteiger partial charge in [-0.1, -0.05) is 0 Å². The smallest absolute Gasteiger partial charge is 0.258 e. The van der Waals surface area contributed by atoms with Crippen molar-refractivity contribution in [1.29, 1.82) is 0 Å². The number of halogens is 4. The van der Waals surface area contributed by atoms with Crippen LogP contribution in [0.3, 0.4) is 0 Å². The number of aryl methyl sites for hydroxylation is 1. The summed E-state index contributed by atoms with van der Waals surface area (Å²) in [6.45, 7) is -0.320. The minimum Gasteiger partial charge on any atom is -0.258 e. The fourth-order valence-electron chi connectivity index (χ4n) is 1.07. The Morgan fingerprint density at radius 2 is 2.06 bits per heavy atom. The van der Waals surface area contributed by atoms with Crippen molar-refractivity contribution in [2.45, 2.75) is 12.7 Å². The van der Waals surface area contributed by atoms with E-state index in [-0.39, 0.29) is 16.8 Å². The Bertz CT molecular complexity index is 480. The van der Waals surface area contributed by atoms with Crippen LogP contribution in [0.2, 0.25) is 0 Å². The predicted molar refractivity (Wildman–Crippen MR) is 54.6 cm³/mol. The molecule has 16 heavy (non-hydrogen) atoms. The van der Waals surface area contributed by atoms with Crippen LogP contribution < -0.4 is 0 Å². The van der Waals surface area contributed by atoms with Gasteiger partial charge in [0.05, 0.1) is 23.0 Å². The zero-order chi connectivity index (χ0) is 12.6. The van der Waals surface area contributed by atoms with Crippen LogP contribution in [-0.4, -0.2) is 30.2 Å². The second-order valence-electron chi connectivity index (χ2n) is 3.19. The minimum atomic E-state index is -4.56. The van der Waals surface area contributed by atoms with Crippen molar-refractivity contribution in [3.8, 4) is 0 Å². The summed E-state index contributed by atoms with van der Waals surface area (Å²) in [5, 5.41) is 3.47. The van der Waals surface area contributed by atoms with Crippen LogP contribution in [0.5, 0.6) is 0 Å². The molecule has 0 amide bonds. The topological polar surface area (TPSA) is 52.0 Å². The van der Waals surface area contributed by atoms with E-state index in [1.807, 2.05) is 0 Å². The number of rotatable bonds is 3. The molecule has 0 aliphatic rings. The van der Waals surface area contributed by atoms with Crippen molar-refractivity contribution < 1.29 is 21.6 Å². The number of aromatic nitrogens is 2. The number of hydrogen-bond donors (Lipinski definition) is 0. The zero-order valence-corrected chi connectivity index (χ0v) is 10.5. The van der Waals surface area contributed by atoms with Gasteiger partial charge in [0.1, 0.15) is 9.84 Å². The van der Waals surface area contributed by atoms with Crippen LogP contribution >= 0.6 is 15.9 Å². The Kier molecular flexibility index (Phi) is 3.68. The molecule has 1 aromatic heterocycles. The molecule has 0 N–H and O–H groups in total. The lowest BCUT2D eigenvalue weighted by atomic mass is 10.4. The fraction of sp³-hybridized carbons (Fsp3) is 0.571. The summed E-state index contributed by atoms with van der Waals surface area (Å²) in [7, 11) is -3.32. The average Bonchev–Trinajstić information content (AvgIpc) is 2.41. The van der Waals surface area contributed by atoms with Gasteiger partial charge in [-0.05, 0) is 15.9 Å². The van der Waals surface area contributed by atoms with E-state index in [1.54, 1.807) is 0 Å². The minimum absolute atomic E-state index is 0.200. The zero-order valence-electron chi connectivity index (χ0n) is 8.12. The molecule has 4 nitrogen and oxygen atoms in total. The summed E-state index contributed by atoms with van der Waals surface area (Å²) in [6, 6.07) is 0. The first-order valence-electron chi connectivity index (χ1n) is 4.07. The van der Waals surface area contributed by atoms with Crippen molar-refractivity contribution in [2.24, 2.45) is 0 Å². The third-order valence-electron chi connectivity index (χ3n) is 1.74. The Labute approximate surface area is 98.5 Å². The van der Waals surface area contributed by atoms with Crippen molar-refractivity contribution in [3.05, 3.63) is 16.4 Å². The molecule has 0 fully saturated rings. The van der Waals surface area contributed by atoms with Gasteiger partial charge in [-0.25, -0.2) is 8.42 Å². The van der Waals surface area contributed by atoms with Gasteiger partial charge in [-0.15, -0.1) is 0 Å². The third kappa shape index (κ3) is 3.48. The number of sulfone groups is 1. The van der Waals surface area contributed by atoms with E-state index in [9.17, 15) is 21.6 Å². The first-order chi connectivity index (χ1) is 7.11. The Morgan fingerprint density at radius 3 is 2.50 bits per heavy atom. The molecule has 0 bridgehead atoms. The Morgan fingerprint density at radius 1 is 1.50 bits per heavy atom. The summed E-state index contributed by atoms with van der Waals surface area (Å²) in [5.74, 6) is -0.385. The van der Waals surface area contributed by atoms with Gasteiger partial charge in [-0.2, -0.15) is 18.3 Å². The second kappa shape index (κ2) is 4.36. The predicted octanol–water partition coefficient (Wildman–Crippen LogP) is 1.71. The lowest BCUT2D eigenvalue weighted by molar-refractivity contribution is -0.144. The molecule has 0 aromatic carbocycles. The summed E-state index contributed by atoms with van der Waals surface area (Å²) in [6.07, 6.45) is -2.61. The van der Waals surface area contributed by atoms with Gasteiger partial charge in [-0.3, -0.25) is 4.68 Å². The van der Waals surface area contributed by atoms with Gasteiger partial charge in [0.2, 0.25) is 0 Å². The Balaban J connectivity index is 2.99. The molecule has 0 aliphatic carbocycles. The third-order valence-corrected chi connectivity index (χ3v) is 3.24. The van der Waals surface area contributed by atoms with Gasteiger partial charge < -0.3 is 0 Å². The van der Waals surface area contributed by atoms with E-state index < -0.39 is 21.7 Å². The summed E-state index contributed by atoms with van der Waals surface area (Å²) < 4.78 is 59.7. The molecule has 0 unspecified atom stereocenters. The van der Waals surface area contributed by atoms with Crippen molar-refractivity contribution in [1.82, 2.24) is 9.78 Å². The van der Waals surface area contributed by atoms with Crippen molar-refractivity contribution in [2.75, 3.05) is 12.0 Å². The average molecular weight is 321 g/mol. The highest BCUT2D eigenvalue weighted by Gasteiger charge is 2.37. The highest BCUT2D eigenvalue weighted by molar-refractivity contribution is 9.10. The molecular weight excluding hydrogens is 313 g/mol. The molecule has 0 radical (unpaired) electrons. The largest absolute Gasteiger partial charge is 0.434 e. The first kappa shape index (κ1) is 13.5. The van der Waals surface area contributed by atoms with Gasteiger partial charge in [0.25, 0.3) is 0 Å². The van der Waals surface area contributed by atoms with E-state index in [4.69, 9.17) is 0 Å². The monoisotopic (exact) mass is 320 g/mol. The second-order valence-corrected chi connectivity index (χ2v) is 6.31. The van der Waals surface area contributed by atoms with Crippen molar-refractivity contribution in [3.63, 3.8) is 0 Å². The Hall–Kier alpha value is -0.570. The van der Waals surface area contributed by atoms with Gasteiger partial charge in [0, 0.05) is 6.26 Å². The SMILES string of the molecule is CS(=O)(=O)CCn1ncc(Br)c1C(F)(F)F. The quantitative estimate of drug-likeness (QED) is 0.852. The lowest BCUT2D eigenvalue weighted by Crippen LogP contribution is -2.19. The normalized spacial score (nSPS) is 13.1. The summed E-state index contributed by atoms with van der Waals surface area (Å²) >= 11 is 2.72. The molecule has 1 aromatic rings. The summed E-state index contributed by atoms with van der Waals surface area (Å²) in [4.78, 5) is 0. The maximum absolute atomic E-state index is 12.5. The molecular formula is C7H8BrF3N2O2S.